The van der Waals surface area contributed by atoms with Crippen molar-refractivity contribution in [2.24, 2.45) is 0 Å². The van der Waals surface area contributed by atoms with Crippen molar-refractivity contribution in [3.63, 3.8) is 0 Å². The van der Waals surface area contributed by atoms with Crippen LogP contribution in [-0.2, 0) is 4.79 Å². The Bertz CT molecular complexity index is 1460. The molecule has 4 rings (SSSR count). The Kier molecular flexibility index (Phi) is 9.79. The van der Waals surface area contributed by atoms with Gasteiger partial charge in [-0.05, 0) is 76.6 Å². The molecule has 0 bridgehead atoms. The number of nitrogens with zero attached hydrogens (tertiary/aromatic N) is 1. The van der Waals surface area contributed by atoms with Gasteiger partial charge in [0.05, 0.1) is 16.7 Å². The number of rotatable bonds is 11. The Morgan fingerprint density at radius 3 is 2.58 bits per heavy atom. The van der Waals surface area contributed by atoms with Gasteiger partial charge in [0.2, 0.25) is 0 Å². The van der Waals surface area contributed by atoms with E-state index in [1.165, 1.54) is 30.5 Å². The second kappa shape index (κ2) is 13.4. The second-order valence-electron chi connectivity index (χ2n) is 8.98. The minimum Gasteiger partial charge on any atom is -0.297 e. The first kappa shape index (κ1) is 27.7. The molecule has 1 heterocycles. The van der Waals surface area contributed by atoms with Gasteiger partial charge in [-0.25, -0.2) is 4.39 Å². The minimum absolute atomic E-state index is 0.121. The number of carbonyl (C=O) groups excluding carboxylic acids is 1. The molecule has 7 heteroatoms. The van der Waals surface area contributed by atoms with E-state index in [9.17, 15) is 9.18 Å². The van der Waals surface area contributed by atoms with Crippen LogP contribution in [0.1, 0.15) is 61.8 Å². The van der Waals surface area contributed by atoms with Gasteiger partial charge in [0, 0.05) is 17.2 Å². The molecule has 0 saturated carbocycles. The highest BCUT2D eigenvalue weighted by Gasteiger charge is 2.16. The molecular formula is C31H31ClFN3OS. The van der Waals surface area contributed by atoms with Crippen LogP contribution in [0.2, 0.25) is 5.02 Å². The van der Waals surface area contributed by atoms with Crippen molar-refractivity contribution in [2.75, 3.05) is 5.75 Å². The van der Waals surface area contributed by atoms with Crippen LogP contribution in [0.5, 0.6) is 0 Å². The number of aromatic nitrogens is 2. The number of allylic oxidation sites excluding steroid dienone is 1. The van der Waals surface area contributed by atoms with Crippen molar-refractivity contribution >= 4 is 57.6 Å². The van der Waals surface area contributed by atoms with Gasteiger partial charge in [-0.2, -0.15) is 5.10 Å². The van der Waals surface area contributed by atoms with E-state index >= 15 is 0 Å². The smallest absolute Gasteiger partial charge is 0.253 e. The lowest BCUT2D eigenvalue weighted by atomic mass is 9.87. The zero-order valence-electron chi connectivity index (χ0n) is 21.6. The summed E-state index contributed by atoms with van der Waals surface area (Å²) < 4.78 is 16.7. The first-order valence-corrected chi connectivity index (χ1v) is 14.2. The number of hydrogen-bond donors (Lipinski definition) is 2. The molecule has 0 radical (unpaired) electrons. The van der Waals surface area contributed by atoms with Crippen LogP contribution in [0.4, 0.5) is 4.39 Å². The predicted molar refractivity (Wildman–Crippen MR) is 159 cm³/mol. The summed E-state index contributed by atoms with van der Waals surface area (Å²) in [5.41, 5.74) is 6.71. The Hall–Kier alpha value is -3.35. The van der Waals surface area contributed by atoms with Gasteiger partial charge in [-0.1, -0.05) is 86.6 Å². The monoisotopic (exact) mass is 547 g/mol. The summed E-state index contributed by atoms with van der Waals surface area (Å²) in [6.45, 7) is 4.23. The van der Waals surface area contributed by atoms with Crippen LogP contribution in [0.15, 0.2) is 72.9 Å². The molecule has 38 heavy (non-hydrogen) atoms. The first-order valence-electron chi connectivity index (χ1n) is 12.8. The number of carbonyl (C=O) groups is 1. The molecule has 4 aromatic rings. The Morgan fingerprint density at radius 2 is 1.84 bits per heavy atom. The predicted octanol–water partition coefficient (Wildman–Crippen LogP) is 8.69. The molecule has 196 valence electrons. The lowest BCUT2D eigenvalue weighted by Gasteiger charge is -2.18. The van der Waals surface area contributed by atoms with Crippen molar-refractivity contribution in [2.45, 2.75) is 39.5 Å². The highest BCUT2D eigenvalue weighted by molar-refractivity contribution is 7.97. The summed E-state index contributed by atoms with van der Waals surface area (Å²) in [5.74, 6) is 0.429. The van der Waals surface area contributed by atoms with Gasteiger partial charge in [0.15, 0.2) is 0 Å². The molecule has 3 aromatic carbocycles. The molecule has 4 nitrogen and oxygen atoms in total. The highest BCUT2D eigenvalue weighted by atomic mass is 35.5. The van der Waals surface area contributed by atoms with Crippen molar-refractivity contribution in [1.82, 2.24) is 14.9 Å². The standard InChI is InChI=1S/C31H31ClFN3OS/c1-3-5-6-17-38-36-30(37)16-9-21-7-10-22(11-8-21)31(23-12-15-29-24(18-23)20-34-35-29)26(4-2)27-14-13-25(33)19-28(27)32/h7-16,18-20H,3-6,17H2,1-2H3,(H,34,35)(H,36,37)/b16-9+,31-26+. The SMILES string of the molecule is CCCCCSNC(=O)/C=C/c1ccc(/C(=C(/CC)c2ccc(F)cc2Cl)c2ccc3[nH]ncc3c2)cc1. The Morgan fingerprint density at radius 1 is 1.05 bits per heavy atom. The molecule has 1 aromatic heterocycles. The van der Waals surface area contributed by atoms with Crippen molar-refractivity contribution in [3.8, 4) is 0 Å². The van der Waals surface area contributed by atoms with Crippen molar-refractivity contribution < 1.29 is 9.18 Å². The molecule has 0 aliphatic carbocycles. The van der Waals surface area contributed by atoms with Crippen LogP contribution in [0.25, 0.3) is 28.1 Å². The van der Waals surface area contributed by atoms with Crippen molar-refractivity contribution in [3.05, 3.63) is 106 Å². The number of unbranched alkanes of at least 4 members (excludes halogenated alkanes) is 2. The van der Waals surface area contributed by atoms with E-state index in [0.717, 1.165) is 62.9 Å². The van der Waals surface area contributed by atoms with Gasteiger partial charge >= 0.3 is 0 Å². The molecule has 1 amide bonds. The largest absolute Gasteiger partial charge is 0.297 e. The minimum atomic E-state index is -0.366. The lowest BCUT2D eigenvalue weighted by molar-refractivity contribution is -0.114. The fourth-order valence-corrected chi connectivity index (χ4v) is 5.30. The number of aromatic amines is 1. The molecule has 0 aliphatic rings. The number of hydrogen-bond acceptors (Lipinski definition) is 3. The summed E-state index contributed by atoms with van der Waals surface area (Å²) in [4.78, 5) is 12.2. The van der Waals surface area contributed by atoms with Gasteiger partial charge < -0.3 is 0 Å². The maximum absolute atomic E-state index is 13.8. The quantitative estimate of drug-likeness (QED) is 0.0854. The number of fused-ring (bicyclic) bond motifs is 1. The second-order valence-corrected chi connectivity index (χ2v) is 10.3. The Balaban J connectivity index is 1.66. The maximum atomic E-state index is 13.8. The number of H-pyrrole nitrogens is 1. The molecule has 0 unspecified atom stereocenters. The van der Waals surface area contributed by atoms with E-state index in [4.69, 9.17) is 11.6 Å². The van der Waals surface area contributed by atoms with Gasteiger partial charge in [-0.15, -0.1) is 0 Å². The third kappa shape index (κ3) is 6.94. The van der Waals surface area contributed by atoms with E-state index in [1.807, 2.05) is 36.4 Å². The van der Waals surface area contributed by atoms with Crippen LogP contribution in [0, 0.1) is 5.82 Å². The fraction of sp³-hybridized carbons (Fsp3) is 0.226. The van der Waals surface area contributed by atoms with Crippen LogP contribution in [-0.4, -0.2) is 21.9 Å². The number of benzene rings is 3. The number of amides is 1. The normalized spacial score (nSPS) is 12.2. The fourth-order valence-electron chi connectivity index (χ4n) is 4.36. The molecular weight excluding hydrogens is 517 g/mol. The first-order chi connectivity index (χ1) is 18.5. The molecule has 0 spiro atoms. The number of nitrogens with one attached hydrogen (secondary N) is 2. The number of halogens is 2. The van der Waals surface area contributed by atoms with Crippen molar-refractivity contribution in [1.29, 1.82) is 0 Å². The molecule has 2 N–H and O–H groups in total. The third-order valence-corrected chi connectivity index (χ3v) is 7.44. The average molecular weight is 548 g/mol. The molecule has 0 fully saturated rings. The molecule has 0 aliphatic heterocycles. The van der Waals surface area contributed by atoms with Crippen LogP contribution < -0.4 is 4.72 Å². The van der Waals surface area contributed by atoms with E-state index in [2.05, 4.69) is 40.9 Å². The van der Waals surface area contributed by atoms with E-state index in [1.54, 1.807) is 18.3 Å². The average Bonchev–Trinajstić information content (AvgIpc) is 3.39. The summed E-state index contributed by atoms with van der Waals surface area (Å²) >= 11 is 7.97. The summed E-state index contributed by atoms with van der Waals surface area (Å²) in [7, 11) is 0. The molecule has 0 saturated heterocycles. The van der Waals surface area contributed by atoms with E-state index < -0.39 is 0 Å². The van der Waals surface area contributed by atoms with E-state index in [-0.39, 0.29) is 11.7 Å². The summed E-state index contributed by atoms with van der Waals surface area (Å²) in [6.07, 6.45) is 9.29. The third-order valence-electron chi connectivity index (χ3n) is 6.29. The lowest BCUT2D eigenvalue weighted by Crippen LogP contribution is -2.12. The molecule has 0 atom stereocenters. The zero-order chi connectivity index (χ0) is 26.9. The highest BCUT2D eigenvalue weighted by Crippen LogP contribution is 2.38. The summed E-state index contributed by atoms with van der Waals surface area (Å²) in [6, 6.07) is 18.7. The van der Waals surface area contributed by atoms with Crippen LogP contribution >= 0.6 is 23.5 Å². The Labute approximate surface area is 232 Å². The van der Waals surface area contributed by atoms with Gasteiger partial charge in [0.1, 0.15) is 5.82 Å². The van der Waals surface area contributed by atoms with Crippen LogP contribution in [0.3, 0.4) is 0 Å². The van der Waals surface area contributed by atoms with Gasteiger partial charge in [0.25, 0.3) is 5.91 Å². The van der Waals surface area contributed by atoms with Gasteiger partial charge in [-0.3, -0.25) is 14.6 Å². The topological polar surface area (TPSA) is 57.8 Å². The summed E-state index contributed by atoms with van der Waals surface area (Å²) in [5, 5.41) is 8.53. The maximum Gasteiger partial charge on any atom is 0.253 e. The zero-order valence-corrected chi connectivity index (χ0v) is 23.1. The van der Waals surface area contributed by atoms with E-state index in [0.29, 0.717) is 11.4 Å².